The number of hydrogen-bond acceptors (Lipinski definition) is 2. The quantitative estimate of drug-likeness (QED) is 0.614. The normalized spacial score (nSPS) is 12.8. The molecule has 82 valence electrons. The van der Waals surface area contributed by atoms with Gasteiger partial charge in [0.15, 0.2) is 12.0 Å². The molecule has 1 atom stereocenters. The second kappa shape index (κ2) is 6.17. The largest absolute Gasteiger partial charge is 0.297 e. The van der Waals surface area contributed by atoms with Gasteiger partial charge in [0.2, 0.25) is 0 Å². The van der Waals surface area contributed by atoms with E-state index in [0.29, 0.717) is 6.54 Å². The number of carbonyl (C=O) groups is 1. The average Bonchev–Trinajstić information content (AvgIpc) is 2.18. The van der Waals surface area contributed by atoms with Gasteiger partial charge >= 0.3 is 0 Å². The molecule has 0 saturated heterocycles. The van der Waals surface area contributed by atoms with Crippen LogP contribution in [0.2, 0.25) is 0 Å². The topological polar surface area (TPSA) is 20.3 Å². The zero-order valence-electron chi connectivity index (χ0n) is 8.49. The smallest absolute Gasteiger partial charge is 0.171 e. The molecule has 0 radical (unpaired) electrons. The molecular formula is C11H13FINO. The first kappa shape index (κ1) is 12.6. The minimum Gasteiger partial charge on any atom is -0.297 e. The molecule has 0 unspecified atom stereocenters. The summed E-state index contributed by atoms with van der Waals surface area (Å²) >= 11 is 2.03. The SMILES string of the molecule is CC(=O)[C@H](F)CN(I)Cc1ccccc1. The van der Waals surface area contributed by atoms with Crippen LogP contribution >= 0.6 is 22.9 Å². The van der Waals surface area contributed by atoms with Gasteiger partial charge in [-0.05, 0) is 12.5 Å². The molecule has 2 nitrogen and oxygen atoms in total. The third-order valence-electron chi connectivity index (χ3n) is 2.00. The van der Waals surface area contributed by atoms with Gasteiger partial charge in [-0.15, -0.1) is 0 Å². The Hall–Kier alpha value is -0.490. The Balaban J connectivity index is 2.43. The van der Waals surface area contributed by atoms with Crippen molar-refractivity contribution >= 4 is 28.6 Å². The predicted octanol–water partition coefficient (Wildman–Crippen LogP) is 2.77. The van der Waals surface area contributed by atoms with Crippen molar-refractivity contribution < 1.29 is 9.18 Å². The maximum absolute atomic E-state index is 13.1. The minimum atomic E-state index is -1.38. The van der Waals surface area contributed by atoms with E-state index in [9.17, 15) is 9.18 Å². The van der Waals surface area contributed by atoms with Crippen LogP contribution in [0.5, 0.6) is 0 Å². The summed E-state index contributed by atoms with van der Waals surface area (Å²) in [7, 11) is 0. The van der Waals surface area contributed by atoms with Crippen LogP contribution in [0.4, 0.5) is 4.39 Å². The highest BCUT2D eigenvalue weighted by Crippen LogP contribution is 2.10. The number of Topliss-reactive ketones (excluding diaryl/α,β-unsaturated/α-hetero) is 1. The van der Waals surface area contributed by atoms with Gasteiger partial charge < -0.3 is 0 Å². The molecular weight excluding hydrogens is 308 g/mol. The fraction of sp³-hybridized carbons (Fsp3) is 0.364. The van der Waals surface area contributed by atoms with Gasteiger partial charge in [-0.2, -0.15) is 0 Å². The second-order valence-corrected chi connectivity index (χ2v) is 4.73. The lowest BCUT2D eigenvalue weighted by Crippen LogP contribution is -2.26. The molecule has 0 heterocycles. The number of alkyl halides is 1. The fourth-order valence-electron chi connectivity index (χ4n) is 1.15. The standard InChI is InChI=1S/C11H13FINO/c1-9(15)11(12)8-14(13)7-10-5-3-2-4-6-10/h2-6,11H,7-8H2,1H3/t11-/m1/s1. The van der Waals surface area contributed by atoms with Crippen LogP contribution in [0.15, 0.2) is 30.3 Å². The summed E-state index contributed by atoms with van der Waals surface area (Å²) in [5.74, 6) is -0.412. The maximum atomic E-state index is 13.1. The second-order valence-electron chi connectivity index (χ2n) is 3.37. The van der Waals surface area contributed by atoms with Crippen LogP contribution < -0.4 is 0 Å². The van der Waals surface area contributed by atoms with E-state index in [0.717, 1.165) is 5.56 Å². The van der Waals surface area contributed by atoms with Gasteiger partial charge in [-0.25, -0.2) is 7.50 Å². The molecule has 0 bridgehead atoms. The van der Waals surface area contributed by atoms with Gasteiger partial charge in [0.25, 0.3) is 0 Å². The molecule has 1 rings (SSSR count). The maximum Gasteiger partial charge on any atom is 0.171 e. The summed E-state index contributed by atoms with van der Waals surface area (Å²) in [6.45, 7) is 2.07. The Labute approximate surface area is 103 Å². The monoisotopic (exact) mass is 321 g/mol. The lowest BCUT2D eigenvalue weighted by Gasteiger charge is -2.15. The summed E-state index contributed by atoms with van der Waals surface area (Å²) in [5.41, 5.74) is 1.11. The number of carbonyl (C=O) groups excluding carboxylic acids is 1. The summed E-state index contributed by atoms with van der Waals surface area (Å²) in [6, 6.07) is 9.78. The van der Waals surface area contributed by atoms with E-state index in [-0.39, 0.29) is 6.54 Å². The first-order valence-electron chi connectivity index (χ1n) is 4.68. The number of nitrogens with zero attached hydrogens (tertiary/aromatic N) is 1. The van der Waals surface area contributed by atoms with Crippen molar-refractivity contribution in [2.45, 2.75) is 19.6 Å². The summed E-state index contributed by atoms with van der Waals surface area (Å²) in [4.78, 5) is 10.7. The van der Waals surface area contributed by atoms with Gasteiger partial charge in [-0.3, -0.25) is 4.79 Å². The van der Waals surface area contributed by atoms with Crippen molar-refractivity contribution in [1.29, 1.82) is 0 Å². The van der Waals surface area contributed by atoms with E-state index < -0.39 is 12.0 Å². The van der Waals surface area contributed by atoms with Crippen molar-refractivity contribution in [3.8, 4) is 0 Å². The Kier molecular flexibility index (Phi) is 5.17. The summed E-state index contributed by atoms with van der Waals surface area (Å²) in [5, 5.41) is 0. The van der Waals surface area contributed by atoms with Crippen LogP contribution in [0.3, 0.4) is 0 Å². The summed E-state index contributed by atoms with van der Waals surface area (Å²) < 4.78 is 14.9. The van der Waals surface area contributed by atoms with E-state index in [1.807, 2.05) is 53.2 Å². The van der Waals surface area contributed by atoms with Crippen LogP contribution in [0, 0.1) is 0 Å². The first-order chi connectivity index (χ1) is 7.09. The highest BCUT2D eigenvalue weighted by molar-refractivity contribution is 14.1. The third-order valence-corrected chi connectivity index (χ3v) is 2.73. The molecule has 0 N–H and O–H groups in total. The molecule has 4 heteroatoms. The molecule has 0 spiro atoms. The van der Waals surface area contributed by atoms with Crippen molar-refractivity contribution in [2.24, 2.45) is 0 Å². The van der Waals surface area contributed by atoms with E-state index in [2.05, 4.69) is 0 Å². The lowest BCUT2D eigenvalue weighted by molar-refractivity contribution is -0.121. The summed E-state index contributed by atoms with van der Waals surface area (Å²) in [6.07, 6.45) is -1.38. The van der Waals surface area contributed by atoms with Crippen LogP contribution in [-0.2, 0) is 11.3 Å². The molecule has 0 amide bonds. The molecule has 0 aliphatic carbocycles. The number of benzene rings is 1. The first-order valence-corrected chi connectivity index (χ1v) is 5.65. The number of hydrogen-bond donors (Lipinski definition) is 0. The van der Waals surface area contributed by atoms with E-state index in [1.54, 1.807) is 3.11 Å². The van der Waals surface area contributed by atoms with Crippen molar-refractivity contribution in [3.63, 3.8) is 0 Å². The molecule has 0 aromatic heterocycles. The lowest BCUT2D eigenvalue weighted by atomic mass is 10.2. The molecule has 0 fully saturated rings. The highest BCUT2D eigenvalue weighted by Gasteiger charge is 2.15. The Bertz CT molecular complexity index is 318. The number of halogens is 2. The van der Waals surface area contributed by atoms with E-state index in [1.165, 1.54) is 6.92 Å². The van der Waals surface area contributed by atoms with Crippen LogP contribution in [-0.4, -0.2) is 21.6 Å². The third kappa shape index (κ3) is 4.70. The Morgan fingerprint density at radius 3 is 2.60 bits per heavy atom. The zero-order chi connectivity index (χ0) is 11.3. The minimum absolute atomic E-state index is 0.144. The van der Waals surface area contributed by atoms with Gasteiger partial charge in [-0.1, -0.05) is 30.3 Å². The average molecular weight is 321 g/mol. The fourth-order valence-corrected chi connectivity index (χ4v) is 1.89. The van der Waals surface area contributed by atoms with Crippen molar-refractivity contribution in [3.05, 3.63) is 35.9 Å². The molecule has 15 heavy (non-hydrogen) atoms. The molecule has 0 aliphatic rings. The number of ketones is 1. The molecule has 0 aliphatic heterocycles. The van der Waals surface area contributed by atoms with Crippen molar-refractivity contribution in [2.75, 3.05) is 6.54 Å². The van der Waals surface area contributed by atoms with Crippen LogP contribution in [0.25, 0.3) is 0 Å². The van der Waals surface area contributed by atoms with Gasteiger partial charge in [0, 0.05) is 36.0 Å². The zero-order valence-corrected chi connectivity index (χ0v) is 10.6. The molecule has 0 saturated carbocycles. The van der Waals surface area contributed by atoms with Crippen molar-refractivity contribution in [1.82, 2.24) is 3.11 Å². The van der Waals surface area contributed by atoms with E-state index >= 15 is 0 Å². The highest BCUT2D eigenvalue weighted by atomic mass is 127. The predicted molar refractivity (Wildman–Crippen MR) is 66.4 cm³/mol. The van der Waals surface area contributed by atoms with Gasteiger partial charge in [0.05, 0.1) is 0 Å². The van der Waals surface area contributed by atoms with Crippen LogP contribution in [0.1, 0.15) is 12.5 Å². The van der Waals surface area contributed by atoms with Gasteiger partial charge in [0.1, 0.15) is 0 Å². The van der Waals surface area contributed by atoms with E-state index in [4.69, 9.17) is 0 Å². The molecule has 1 aromatic carbocycles. The molecule has 1 aromatic rings. The number of rotatable bonds is 5. The Morgan fingerprint density at radius 2 is 2.07 bits per heavy atom. The Morgan fingerprint density at radius 1 is 1.47 bits per heavy atom.